The number of pyridine rings is 1. The van der Waals surface area contributed by atoms with Gasteiger partial charge < -0.3 is 9.64 Å². The predicted molar refractivity (Wildman–Crippen MR) is 128 cm³/mol. The molecule has 1 aliphatic heterocycles. The summed E-state index contributed by atoms with van der Waals surface area (Å²) >= 11 is 12.1. The van der Waals surface area contributed by atoms with E-state index in [0.717, 1.165) is 10.6 Å². The molecular weight excluding hydrogens is 506 g/mol. The van der Waals surface area contributed by atoms with Gasteiger partial charge in [-0.05, 0) is 24.3 Å². The van der Waals surface area contributed by atoms with Crippen molar-refractivity contribution in [3.63, 3.8) is 0 Å². The van der Waals surface area contributed by atoms with Gasteiger partial charge in [0.1, 0.15) is 22.7 Å². The maximum atomic E-state index is 14.7. The topological polar surface area (TPSA) is 94.4 Å². The van der Waals surface area contributed by atoms with Crippen molar-refractivity contribution in [3.8, 4) is 11.4 Å². The largest absolute Gasteiger partial charge is 0.488 e. The number of sulfone groups is 1. The first-order valence-corrected chi connectivity index (χ1v) is 12.9. The molecule has 4 rings (SSSR count). The number of anilines is 1. The molecule has 180 valence electrons. The number of aromatic nitrogens is 3. The molecule has 0 aliphatic carbocycles. The van der Waals surface area contributed by atoms with Crippen molar-refractivity contribution in [2.45, 2.75) is 30.8 Å². The van der Waals surface area contributed by atoms with Crippen molar-refractivity contribution in [1.82, 2.24) is 14.5 Å². The molecule has 1 fully saturated rings. The fraction of sp³-hybridized carbons (Fsp3) is 0.318. The summed E-state index contributed by atoms with van der Waals surface area (Å²) in [5.41, 5.74) is -0.777. The van der Waals surface area contributed by atoms with Crippen molar-refractivity contribution in [2.75, 3.05) is 23.7 Å². The summed E-state index contributed by atoms with van der Waals surface area (Å²) in [5.74, 6) is -0.217. The Morgan fingerprint density at radius 2 is 1.82 bits per heavy atom. The van der Waals surface area contributed by atoms with E-state index in [0.29, 0.717) is 36.9 Å². The maximum Gasteiger partial charge on any atom is 0.277 e. The summed E-state index contributed by atoms with van der Waals surface area (Å²) in [7, 11) is -3.58. The average molecular weight is 527 g/mol. The minimum Gasteiger partial charge on any atom is -0.488 e. The minimum atomic E-state index is -3.58. The standard InChI is InChI=1S/C22H21Cl2FN4O4S/c1-2-34(31,32)16-3-4-18(17(25)11-16)29-10-7-19(20(24)21(29)30)33-15-5-8-28(9-6-15)22-26-12-14(23)13-27-22/h3-4,7,10-13,15H,2,5-6,8-9H2,1H3. The van der Waals surface area contributed by atoms with Crippen molar-refractivity contribution in [3.05, 3.63) is 69.1 Å². The molecule has 2 aromatic heterocycles. The number of benzene rings is 1. The third-order valence-corrected chi connectivity index (χ3v) is 7.82. The monoisotopic (exact) mass is 526 g/mol. The summed E-state index contributed by atoms with van der Waals surface area (Å²) < 4.78 is 45.6. The quantitative estimate of drug-likeness (QED) is 0.480. The SMILES string of the molecule is CCS(=O)(=O)c1ccc(-n2ccc(OC3CCN(c4ncc(Cl)cn4)CC3)c(Cl)c2=O)c(F)c1. The first-order valence-electron chi connectivity index (χ1n) is 10.5. The Labute approximate surface area is 205 Å². The Morgan fingerprint density at radius 3 is 2.44 bits per heavy atom. The van der Waals surface area contributed by atoms with Crippen LogP contribution in [0.5, 0.6) is 5.75 Å². The van der Waals surface area contributed by atoms with Crippen LogP contribution in [0.2, 0.25) is 10.0 Å². The van der Waals surface area contributed by atoms with E-state index in [1.54, 1.807) is 12.4 Å². The van der Waals surface area contributed by atoms with Crippen LogP contribution in [0.25, 0.3) is 5.69 Å². The van der Waals surface area contributed by atoms with Crippen LogP contribution in [0.1, 0.15) is 19.8 Å². The van der Waals surface area contributed by atoms with Gasteiger partial charge in [-0.15, -0.1) is 0 Å². The minimum absolute atomic E-state index is 0.107. The number of hydrogen-bond acceptors (Lipinski definition) is 7. The molecule has 0 bridgehead atoms. The summed E-state index contributed by atoms with van der Waals surface area (Å²) in [6.45, 7) is 2.78. The van der Waals surface area contributed by atoms with Crippen LogP contribution in [0, 0.1) is 5.82 Å². The van der Waals surface area contributed by atoms with Crippen LogP contribution in [0.15, 0.2) is 52.5 Å². The fourth-order valence-corrected chi connectivity index (χ4v) is 4.83. The molecule has 0 N–H and O–H groups in total. The maximum absolute atomic E-state index is 14.7. The molecule has 0 unspecified atom stereocenters. The average Bonchev–Trinajstić information content (AvgIpc) is 2.83. The predicted octanol–water partition coefficient (Wildman–Crippen LogP) is 3.91. The second-order valence-corrected chi connectivity index (χ2v) is 10.8. The number of piperidine rings is 1. The smallest absolute Gasteiger partial charge is 0.277 e. The molecule has 0 spiro atoms. The van der Waals surface area contributed by atoms with E-state index in [4.69, 9.17) is 27.9 Å². The third kappa shape index (κ3) is 5.03. The van der Waals surface area contributed by atoms with Crippen LogP contribution in [0.3, 0.4) is 0 Å². The van der Waals surface area contributed by atoms with Gasteiger partial charge in [0.05, 0.1) is 33.8 Å². The molecular formula is C22H21Cl2FN4O4S. The third-order valence-electron chi connectivity index (χ3n) is 5.54. The Hall–Kier alpha value is -2.69. The Kier molecular flexibility index (Phi) is 7.11. The molecule has 1 saturated heterocycles. The van der Waals surface area contributed by atoms with Gasteiger partial charge in [-0.1, -0.05) is 30.1 Å². The van der Waals surface area contributed by atoms with E-state index in [9.17, 15) is 17.6 Å². The number of hydrogen-bond donors (Lipinski definition) is 0. The van der Waals surface area contributed by atoms with E-state index in [-0.39, 0.29) is 33.2 Å². The highest BCUT2D eigenvalue weighted by Gasteiger charge is 2.24. The van der Waals surface area contributed by atoms with Gasteiger partial charge in [0, 0.05) is 32.1 Å². The lowest BCUT2D eigenvalue weighted by atomic mass is 10.1. The number of rotatable bonds is 6. The molecule has 8 nitrogen and oxygen atoms in total. The number of ether oxygens (including phenoxy) is 1. The van der Waals surface area contributed by atoms with E-state index in [1.165, 1.54) is 31.3 Å². The van der Waals surface area contributed by atoms with E-state index in [2.05, 4.69) is 9.97 Å². The molecule has 0 saturated carbocycles. The lowest BCUT2D eigenvalue weighted by Crippen LogP contribution is -2.39. The number of halogens is 3. The fourth-order valence-electron chi connectivity index (χ4n) is 3.64. The van der Waals surface area contributed by atoms with Gasteiger partial charge in [0.25, 0.3) is 5.56 Å². The Morgan fingerprint density at radius 1 is 1.15 bits per heavy atom. The van der Waals surface area contributed by atoms with Gasteiger partial charge in [-0.3, -0.25) is 9.36 Å². The molecule has 0 amide bonds. The molecule has 3 heterocycles. The molecule has 34 heavy (non-hydrogen) atoms. The van der Waals surface area contributed by atoms with Crippen molar-refractivity contribution in [1.29, 1.82) is 0 Å². The van der Waals surface area contributed by atoms with Gasteiger partial charge in [-0.2, -0.15) is 0 Å². The molecule has 0 atom stereocenters. The lowest BCUT2D eigenvalue weighted by Gasteiger charge is -2.32. The second kappa shape index (κ2) is 9.89. The molecule has 3 aromatic rings. The van der Waals surface area contributed by atoms with Gasteiger partial charge in [-0.25, -0.2) is 22.8 Å². The highest BCUT2D eigenvalue weighted by molar-refractivity contribution is 7.91. The van der Waals surface area contributed by atoms with Gasteiger partial charge >= 0.3 is 0 Å². The van der Waals surface area contributed by atoms with Crippen LogP contribution >= 0.6 is 23.2 Å². The van der Waals surface area contributed by atoms with E-state index in [1.807, 2.05) is 4.90 Å². The van der Waals surface area contributed by atoms with Crippen LogP contribution in [0.4, 0.5) is 10.3 Å². The zero-order valence-corrected chi connectivity index (χ0v) is 20.4. The van der Waals surface area contributed by atoms with Crippen LogP contribution < -0.4 is 15.2 Å². The first-order chi connectivity index (χ1) is 16.2. The highest BCUT2D eigenvalue weighted by Crippen LogP contribution is 2.27. The summed E-state index contributed by atoms with van der Waals surface area (Å²) in [6.07, 6.45) is 5.58. The Bertz CT molecular complexity index is 1360. The van der Waals surface area contributed by atoms with E-state index < -0.39 is 21.2 Å². The van der Waals surface area contributed by atoms with Crippen molar-refractivity contribution < 1.29 is 17.5 Å². The van der Waals surface area contributed by atoms with Gasteiger partial charge in [0.2, 0.25) is 5.95 Å². The molecule has 12 heteroatoms. The first kappa shape index (κ1) is 24.4. The second-order valence-electron chi connectivity index (χ2n) is 7.69. The number of nitrogens with zero attached hydrogens (tertiary/aromatic N) is 4. The van der Waals surface area contributed by atoms with Crippen molar-refractivity contribution >= 4 is 39.0 Å². The molecule has 1 aliphatic rings. The lowest BCUT2D eigenvalue weighted by molar-refractivity contribution is 0.170. The summed E-state index contributed by atoms with van der Waals surface area (Å²) in [6, 6.07) is 4.90. The van der Waals surface area contributed by atoms with Crippen LogP contribution in [-0.4, -0.2) is 47.9 Å². The molecule has 1 aromatic carbocycles. The zero-order valence-electron chi connectivity index (χ0n) is 18.1. The highest BCUT2D eigenvalue weighted by atomic mass is 35.5. The zero-order chi connectivity index (χ0) is 24.5. The molecule has 0 radical (unpaired) electrons. The Balaban J connectivity index is 1.48. The van der Waals surface area contributed by atoms with E-state index >= 15 is 0 Å². The van der Waals surface area contributed by atoms with Crippen LogP contribution in [-0.2, 0) is 9.84 Å². The van der Waals surface area contributed by atoms with Gasteiger partial charge in [0.15, 0.2) is 9.84 Å². The van der Waals surface area contributed by atoms with Crippen molar-refractivity contribution in [2.24, 2.45) is 0 Å². The summed E-state index contributed by atoms with van der Waals surface area (Å²) in [5, 5.41) is 0.281. The summed E-state index contributed by atoms with van der Waals surface area (Å²) in [4.78, 5) is 23.1. The normalized spacial score (nSPS) is 14.9.